The molecule has 12 heavy (non-hydrogen) atoms. The molecule has 2 nitrogen and oxygen atoms in total. The van der Waals surface area contributed by atoms with Gasteiger partial charge in [0, 0.05) is 6.20 Å². The smallest absolute Gasteiger partial charge is 0.266 e. The van der Waals surface area contributed by atoms with E-state index in [2.05, 4.69) is 20.9 Å². The van der Waals surface area contributed by atoms with E-state index in [0.29, 0.717) is 6.20 Å². The molecule has 0 unspecified atom stereocenters. The Kier molecular flexibility index (Phi) is 2.56. The number of aromatic hydroxyl groups is 1. The van der Waals surface area contributed by atoms with Gasteiger partial charge >= 0.3 is 0 Å². The summed E-state index contributed by atoms with van der Waals surface area (Å²) in [5.74, 6) is -2.07. The van der Waals surface area contributed by atoms with Crippen LogP contribution in [0.4, 0.5) is 13.2 Å². The van der Waals surface area contributed by atoms with E-state index in [1.165, 1.54) is 0 Å². The van der Waals surface area contributed by atoms with Crippen LogP contribution >= 0.6 is 15.9 Å². The maximum absolute atomic E-state index is 12.4. The number of hydrogen-bond acceptors (Lipinski definition) is 2. The van der Waals surface area contributed by atoms with Crippen molar-refractivity contribution in [2.75, 3.05) is 0 Å². The predicted molar refractivity (Wildman–Crippen MR) is 38.5 cm³/mol. The van der Waals surface area contributed by atoms with Crippen LogP contribution in [-0.2, 0) is 0 Å². The number of rotatable bonds is 1. The molecule has 0 bridgehead atoms. The lowest BCUT2D eigenvalue weighted by Crippen LogP contribution is -1.92. The molecule has 1 heterocycles. The molecule has 1 aromatic heterocycles. The first-order valence-corrected chi connectivity index (χ1v) is 3.64. The van der Waals surface area contributed by atoms with Crippen LogP contribution in [0.3, 0.4) is 0 Å². The van der Waals surface area contributed by atoms with Crippen molar-refractivity contribution in [3.8, 4) is 5.75 Å². The molecule has 0 atom stereocenters. The van der Waals surface area contributed by atoms with E-state index in [4.69, 9.17) is 5.11 Å². The number of halogens is 4. The summed E-state index contributed by atoms with van der Waals surface area (Å²) in [6.45, 7) is 0. The fourth-order valence-electron chi connectivity index (χ4n) is 0.623. The number of hydrogen-bond donors (Lipinski definition) is 1. The van der Waals surface area contributed by atoms with E-state index in [0.717, 1.165) is 0 Å². The van der Waals surface area contributed by atoms with Gasteiger partial charge in [0.2, 0.25) is 0 Å². The zero-order valence-corrected chi connectivity index (χ0v) is 7.15. The van der Waals surface area contributed by atoms with Gasteiger partial charge in [-0.05, 0) is 15.9 Å². The van der Waals surface area contributed by atoms with E-state index in [9.17, 15) is 13.2 Å². The van der Waals surface area contributed by atoms with E-state index in [1.807, 2.05) is 0 Å². The third-order valence-corrected chi connectivity index (χ3v) is 2.04. The minimum absolute atomic E-state index is 0.356. The topological polar surface area (TPSA) is 33.1 Å². The first-order chi connectivity index (χ1) is 5.54. The zero-order valence-electron chi connectivity index (χ0n) is 5.56. The van der Waals surface area contributed by atoms with Gasteiger partial charge in [-0.3, -0.25) is 0 Å². The summed E-state index contributed by atoms with van der Waals surface area (Å²) >= 11 is 2.62. The van der Waals surface area contributed by atoms with Gasteiger partial charge in [-0.2, -0.15) is 4.39 Å². The van der Waals surface area contributed by atoms with Crippen molar-refractivity contribution in [2.24, 2.45) is 0 Å². The average Bonchev–Trinajstić information content (AvgIpc) is 2.00. The second-order valence-electron chi connectivity index (χ2n) is 1.97. The molecular weight excluding hydrogens is 239 g/mol. The minimum atomic E-state index is -2.79. The van der Waals surface area contributed by atoms with Gasteiger partial charge in [-0.15, -0.1) is 0 Å². The van der Waals surface area contributed by atoms with Gasteiger partial charge in [0.25, 0.3) is 12.4 Å². The lowest BCUT2D eigenvalue weighted by molar-refractivity contribution is 0.149. The van der Waals surface area contributed by atoms with Crippen molar-refractivity contribution in [3.63, 3.8) is 0 Å². The Morgan fingerprint density at radius 2 is 2.08 bits per heavy atom. The second-order valence-corrected chi connectivity index (χ2v) is 2.76. The van der Waals surface area contributed by atoms with Gasteiger partial charge in [-0.1, -0.05) is 0 Å². The minimum Gasteiger partial charge on any atom is -0.503 e. The zero-order chi connectivity index (χ0) is 9.30. The molecule has 0 radical (unpaired) electrons. The van der Waals surface area contributed by atoms with E-state index in [-0.39, 0.29) is 4.47 Å². The Morgan fingerprint density at radius 1 is 1.50 bits per heavy atom. The molecule has 1 N–H and O–H groups in total. The number of alkyl halides is 2. The summed E-state index contributed by atoms with van der Waals surface area (Å²) in [4.78, 5) is 2.93. The van der Waals surface area contributed by atoms with Crippen LogP contribution in [0.5, 0.6) is 5.75 Å². The number of pyridine rings is 1. The average molecular weight is 242 g/mol. The molecule has 1 rings (SSSR count). The van der Waals surface area contributed by atoms with Crippen molar-refractivity contribution in [1.82, 2.24) is 4.98 Å². The second kappa shape index (κ2) is 3.30. The van der Waals surface area contributed by atoms with Crippen LogP contribution in [-0.4, -0.2) is 10.1 Å². The molecule has 0 amide bonds. The molecule has 6 heteroatoms. The first-order valence-electron chi connectivity index (χ1n) is 2.85. The highest BCUT2D eigenvalue weighted by Crippen LogP contribution is 2.34. The van der Waals surface area contributed by atoms with Crippen LogP contribution in [0.2, 0.25) is 0 Å². The molecule has 0 aliphatic carbocycles. The number of aromatic nitrogens is 1. The van der Waals surface area contributed by atoms with Crippen molar-refractivity contribution in [2.45, 2.75) is 6.43 Å². The van der Waals surface area contributed by atoms with Crippen molar-refractivity contribution in [3.05, 3.63) is 22.2 Å². The first kappa shape index (κ1) is 9.31. The Hall–Kier alpha value is -0.780. The molecule has 0 saturated carbocycles. The summed E-state index contributed by atoms with van der Waals surface area (Å²) in [5.41, 5.74) is -0.533. The van der Waals surface area contributed by atoms with Crippen LogP contribution in [0.25, 0.3) is 0 Å². The van der Waals surface area contributed by atoms with Gasteiger partial charge in [0.05, 0.1) is 10.0 Å². The number of nitrogens with zero attached hydrogens (tertiary/aromatic N) is 1. The largest absolute Gasteiger partial charge is 0.503 e. The SMILES string of the molecule is Oc1c(F)ncc(C(F)F)c1Br. The lowest BCUT2D eigenvalue weighted by Gasteiger charge is -2.03. The highest BCUT2D eigenvalue weighted by Gasteiger charge is 2.17. The summed E-state index contributed by atoms with van der Waals surface area (Å²) in [7, 11) is 0. The standard InChI is InChI=1S/C6H3BrF3NO/c7-3-2(5(8)9)1-11-6(10)4(3)12/h1,5,12H. The summed E-state index contributed by atoms with van der Waals surface area (Å²) in [6.07, 6.45) is -2.12. The maximum Gasteiger partial charge on any atom is 0.266 e. The van der Waals surface area contributed by atoms with Crippen LogP contribution in [0, 0.1) is 5.95 Å². The Labute approximate surface area is 74.2 Å². The van der Waals surface area contributed by atoms with Gasteiger partial charge in [0.15, 0.2) is 5.75 Å². The molecular formula is C6H3BrF3NO. The molecule has 0 spiro atoms. The lowest BCUT2D eigenvalue weighted by atomic mass is 10.3. The van der Waals surface area contributed by atoms with Gasteiger partial charge in [-0.25, -0.2) is 13.8 Å². The molecule has 0 saturated heterocycles. The highest BCUT2D eigenvalue weighted by atomic mass is 79.9. The Balaban J connectivity index is 3.27. The fraction of sp³-hybridized carbons (Fsp3) is 0.167. The van der Waals surface area contributed by atoms with Crippen LogP contribution in [0.15, 0.2) is 10.7 Å². The quantitative estimate of drug-likeness (QED) is 0.768. The van der Waals surface area contributed by atoms with Gasteiger partial charge in [0.1, 0.15) is 0 Å². The fourth-order valence-corrected chi connectivity index (χ4v) is 1.06. The van der Waals surface area contributed by atoms with Crippen molar-refractivity contribution < 1.29 is 18.3 Å². The molecule has 0 aromatic carbocycles. The summed E-state index contributed by atoms with van der Waals surface area (Å²) in [5, 5.41) is 8.82. The molecule has 66 valence electrons. The van der Waals surface area contributed by atoms with Crippen molar-refractivity contribution >= 4 is 15.9 Å². The molecule has 0 fully saturated rings. The normalized spacial score (nSPS) is 10.8. The van der Waals surface area contributed by atoms with Gasteiger partial charge < -0.3 is 5.11 Å². The third-order valence-electron chi connectivity index (χ3n) is 1.21. The van der Waals surface area contributed by atoms with Crippen molar-refractivity contribution in [1.29, 1.82) is 0 Å². The predicted octanol–water partition coefficient (Wildman–Crippen LogP) is 2.63. The van der Waals surface area contributed by atoms with Crippen LogP contribution < -0.4 is 0 Å². The monoisotopic (exact) mass is 241 g/mol. The van der Waals surface area contributed by atoms with E-state index < -0.39 is 23.7 Å². The molecule has 0 aliphatic heterocycles. The molecule has 1 aromatic rings. The Morgan fingerprint density at radius 3 is 2.58 bits per heavy atom. The Bertz CT molecular complexity index is 305. The van der Waals surface area contributed by atoms with E-state index >= 15 is 0 Å². The summed E-state index contributed by atoms with van der Waals surface area (Å²) < 4.78 is 36.1. The summed E-state index contributed by atoms with van der Waals surface area (Å²) in [6, 6.07) is 0. The maximum atomic E-state index is 12.4. The van der Waals surface area contributed by atoms with Crippen LogP contribution in [0.1, 0.15) is 12.0 Å². The third kappa shape index (κ3) is 1.52. The molecule has 0 aliphatic rings. The highest BCUT2D eigenvalue weighted by molar-refractivity contribution is 9.10. The van der Waals surface area contributed by atoms with E-state index in [1.54, 1.807) is 0 Å².